The molecular weight excluding hydrogens is 254 g/mol. The van der Waals surface area contributed by atoms with Gasteiger partial charge in [0.2, 0.25) is 0 Å². The van der Waals surface area contributed by atoms with Crippen LogP contribution in [0, 0.1) is 27.7 Å². The van der Waals surface area contributed by atoms with Crippen molar-refractivity contribution in [3.05, 3.63) is 40.1 Å². The van der Waals surface area contributed by atoms with Gasteiger partial charge in [0, 0.05) is 24.3 Å². The zero-order chi connectivity index (χ0) is 14.9. The number of nitrogens with one attached hydrogen (secondary N) is 1. The molecule has 0 aliphatic carbocycles. The molecule has 0 aromatic carbocycles. The van der Waals surface area contributed by atoms with Crippen molar-refractivity contribution in [3.63, 3.8) is 0 Å². The topological polar surface area (TPSA) is 60.1 Å². The third-order valence-corrected chi connectivity index (χ3v) is 3.54. The van der Waals surface area contributed by atoms with Crippen LogP contribution < -0.4 is 5.32 Å². The van der Waals surface area contributed by atoms with Gasteiger partial charge in [-0.1, -0.05) is 0 Å². The number of aryl methyl sites for hydroxylation is 4. The van der Waals surface area contributed by atoms with E-state index in [0.717, 1.165) is 29.3 Å². The average Bonchev–Trinajstić information content (AvgIpc) is 2.87. The van der Waals surface area contributed by atoms with Crippen molar-refractivity contribution in [2.24, 2.45) is 0 Å². The lowest BCUT2D eigenvalue weighted by atomic mass is 10.2. The van der Waals surface area contributed by atoms with Crippen LogP contribution in [0.25, 0.3) is 0 Å². The molecule has 0 saturated heterocycles. The van der Waals surface area contributed by atoms with E-state index in [0.29, 0.717) is 17.9 Å². The van der Waals surface area contributed by atoms with Crippen molar-refractivity contribution >= 4 is 5.91 Å². The highest BCUT2D eigenvalue weighted by atomic mass is 16.3. The Kier molecular flexibility index (Phi) is 3.97. The Labute approximate surface area is 119 Å². The second kappa shape index (κ2) is 5.53. The first-order valence-electron chi connectivity index (χ1n) is 6.82. The molecule has 0 atom stereocenters. The van der Waals surface area contributed by atoms with Crippen LogP contribution in [0.5, 0.6) is 0 Å². The van der Waals surface area contributed by atoms with Gasteiger partial charge in [-0.05, 0) is 40.7 Å². The molecule has 5 heteroatoms. The summed E-state index contributed by atoms with van der Waals surface area (Å²) >= 11 is 0. The first-order valence-corrected chi connectivity index (χ1v) is 6.82. The van der Waals surface area contributed by atoms with Crippen molar-refractivity contribution in [1.82, 2.24) is 15.1 Å². The Morgan fingerprint density at radius 1 is 1.35 bits per heavy atom. The first-order chi connectivity index (χ1) is 9.43. The van der Waals surface area contributed by atoms with E-state index in [1.165, 1.54) is 0 Å². The summed E-state index contributed by atoms with van der Waals surface area (Å²) in [6.45, 7) is 11.0. The minimum absolute atomic E-state index is 0.109. The lowest BCUT2D eigenvalue weighted by Crippen LogP contribution is -2.23. The normalized spacial score (nSPS) is 10.8. The number of furan rings is 1. The fourth-order valence-electron chi connectivity index (χ4n) is 2.42. The second-order valence-electron chi connectivity index (χ2n) is 4.97. The van der Waals surface area contributed by atoms with Crippen molar-refractivity contribution in [3.8, 4) is 0 Å². The fraction of sp³-hybridized carbons (Fsp3) is 0.467. The number of hydrogen-bond acceptors (Lipinski definition) is 3. The van der Waals surface area contributed by atoms with Gasteiger partial charge >= 0.3 is 0 Å². The molecule has 2 aromatic rings. The Balaban J connectivity index is 2.11. The van der Waals surface area contributed by atoms with Crippen LogP contribution in [0.3, 0.4) is 0 Å². The highest BCUT2D eigenvalue weighted by Gasteiger charge is 2.15. The Hall–Kier alpha value is -2.04. The Morgan fingerprint density at radius 2 is 2.05 bits per heavy atom. The third kappa shape index (κ3) is 2.61. The van der Waals surface area contributed by atoms with Crippen molar-refractivity contribution in [1.29, 1.82) is 0 Å². The molecule has 0 aliphatic heterocycles. The molecule has 0 saturated carbocycles. The number of aromatic nitrogens is 2. The fourth-order valence-corrected chi connectivity index (χ4v) is 2.42. The number of carbonyl (C=O) groups is 1. The van der Waals surface area contributed by atoms with E-state index in [9.17, 15) is 4.79 Å². The van der Waals surface area contributed by atoms with Crippen LogP contribution in [0.4, 0.5) is 0 Å². The Bertz CT molecular complexity index is 638. The van der Waals surface area contributed by atoms with E-state index in [4.69, 9.17) is 4.42 Å². The van der Waals surface area contributed by atoms with Crippen LogP contribution in [-0.2, 0) is 13.1 Å². The second-order valence-corrected chi connectivity index (χ2v) is 4.97. The summed E-state index contributed by atoms with van der Waals surface area (Å²) in [5, 5.41) is 7.38. The summed E-state index contributed by atoms with van der Waals surface area (Å²) < 4.78 is 7.33. The predicted octanol–water partition coefficient (Wildman–Crippen LogP) is 2.66. The zero-order valence-corrected chi connectivity index (χ0v) is 12.7. The number of hydrogen-bond donors (Lipinski definition) is 1. The van der Waals surface area contributed by atoms with E-state index in [1.807, 2.05) is 25.5 Å². The summed E-state index contributed by atoms with van der Waals surface area (Å²) in [4.78, 5) is 12.2. The first kappa shape index (κ1) is 14.4. The Morgan fingerprint density at radius 3 is 2.55 bits per heavy atom. The van der Waals surface area contributed by atoms with Gasteiger partial charge in [0.05, 0.1) is 11.3 Å². The molecule has 0 radical (unpaired) electrons. The largest absolute Gasteiger partial charge is 0.466 e. The van der Waals surface area contributed by atoms with Gasteiger partial charge in [0.1, 0.15) is 11.5 Å². The maximum Gasteiger partial charge on any atom is 0.255 e. The van der Waals surface area contributed by atoms with Crippen molar-refractivity contribution in [2.75, 3.05) is 0 Å². The molecule has 2 heterocycles. The van der Waals surface area contributed by atoms with Crippen molar-refractivity contribution in [2.45, 2.75) is 47.7 Å². The van der Waals surface area contributed by atoms with Crippen molar-refractivity contribution < 1.29 is 9.21 Å². The van der Waals surface area contributed by atoms with Gasteiger partial charge in [0.15, 0.2) is 0 Å². The van der Waals surface area contributed by atoms with Gasteiger partial charge < -0.3 is 9.73 Å². The zero-order valence-electron chi connectivity index (χ0n) is 12.7. The SMILES string of the molecule is CCn1nc(C)c(CNC(=O)c2cc(C)oc2C)c1C. The van der Waals surface area contributed by atoms with Gasteiger partial charge in [-0.3, -0.25) is 9.48 Å². The average molecular weight is 275 g/mol. The van der Waals surface area contributed by atoms with E-state index < -0.39 is 0 Å². The summed E-state index contributed by atoms with van der Waals surface area (Å²) in [6.07, 6.45) is 0. The molecule has 108 valence electrons. The molecule has 0 bridgehead atoms. The molecule has 0 fully saturated rings. The number of amides is 1. The van der Waals surface area contributed by atoms with Crippen LogP contribution in [0.1, 0.15) is 45.8 Å². The third-order valence-electron chi connectivity index (χ3n) is 3.54. The molecule has 0 unspecified atom stereocenters. The molecule has 0 aliphatic rings. The molecule has 1 amide bonds. The van der Waals surface area contributed by atoms with Gasteiger partial charge in [-0.25, -0.2) is 0 Å². The predicted molar refractivity (Wildman–Crippen MR) is 76.7 cm³/mol. The molecular formula is C15H21N3O2. The van der Waals surface area contributed by atoms with Crippen LogP contribution >= 0.6 is 0 Å². The smallest absolute Gasteiger partial charge is 0.255 e. The van der Waals surface area contributed by atoms with Gasteiger partial charge in [0.25, 0.3) is 5.91 Å². The summed E-state index contributed by atoms with van der Waals surface area (Å²) in [7, 11) is 0. The molecule has 0 spiro atoms. The molecule has 20 heavy (non-hydrogen) atoms. The van der Waals surface area contributed by atoms with Crippen LogP contribution in [0.2, 0.25) is 0 Å². The molecule has 1 N–H and O–H groups in total. The lowest BCUT2D eigenvalue weighted by Gasteiger charge is -2.05. The summed E-state index contributed by atoms with van der Waals surface area (Å²) in [5.41, 5.74) is 3.74. The maximum atomic E-state index is 12.2. The number of carbonyl (C=O) groups excluding carboxylic acids is 1. The minimum Gasteiger partial charge on any atom is -0.466 e. The molecule has 2 rings (SSSR count). The summed E-state index contributed by atoms with van der Waals surface area (Å²) in [5.74, 6) is 1.29. The van der Waals surface area contributed by atoms with Gasteiger partial charge in [-0.15, -0.1) is 0 Å². The van der Waals surface area contributed by atoms with E-state index in [-0.39, 0.29) is 5.91 Å². The lowest BCUT2D eigenvalue weighted by molar-refractivity contribution is 0.0949. The van der Waals surface area contributed by atoms with Crippen LogP contribution in [0.15, 0.2) is 10.5 Å². The monoisotopic (exact) mass is 275 g/mol. The van der Waals surface area contributed by atoms with Crippen LogP contribution in [-0.4, -0.2) is 15.7 Å². The quantitative estimate of drug-likeness (QED) is 0.933. The molecule has 2 aromatic heterocycles. The number of rotatable bonds is 4. The highest BCUT2D eigenvalue weighted by Crippen LogP contribution is 2.15. The van der Waals surface area contributed by atoms with E-state index in [1.54, 1.807) is 13.0 Å². The number of nitrogens with zero attached hydrogens (tertiary/aromatic N) is 2. The minimum atomic E-state index is -0.109. The highest BCUT2D eigenvalue weighted by molar-refractivity contribution is 5.95. The standard InChI is InChI=1S/C15H21N3O2/c1-6-18-11(4)14(10(3)17-18)8-16-15(19)13-7-9(2)20-12(13)5/h7H,6,8H2,1-5H3,(H,16,19). The maximum absolute atomic E-state index is 12.2. The molecule has 5 nitrogen and oxygen atoms in total. The summed E-state index contributed by atoms with van der Waals surface area (Å²) in [6, 6.07) is 1.76. The van der Waals surface area contributed by atoms with E-state index >= 15 is 0 Å². The van der Waals surface area contributed by atoms with E-state index in [2.05, 4.69) is 17.3 Å². The van der Waals surface area contributed by atoms with Gasteiger partial charge in [-0.2, -0.15) is 5.10 Å².